The van der Waals surface area contributed by atoms with E-state index in [4.69, 9.17) is 0 Å². The summed E-state index contributed by atoms with van der Waals surface area (Å²) < 4.78 is 15.4. The van der Waals surface area contributed by atoms with Crippen molar-refractivity contribution in [2.24, 2.45) is 7.05 Å². The molecule has 1 atom stereocenters. The molecular formula is C14H18FN3. The molecule has 2 rings (SSSR count). The maximum absolute atomic E-state index is 13.6. The summed E-state index contributed by atoms with van der Waals surface area (Å²) in [4.78, 5) is 0. The summed E-state index contributed by atoms with van der Waals surface area (Å²) in [6.07, 6.45) is 0. The number of halogens is 1. The zero-order chi connectivity index (χ0) is 13.1. The van der Waals surface area contributed by atoms with Gasteiger partial charge in [-0.2, -0.15) is 5.10 Å². The van der Waals surface area contributed by atoms with Crippen LogP contribution in [0.5, 0.6) is 0 Å². The van der Waals surface area contributed by atoms with Crippen LogP contribution in [0.3, 0.4) is 0 Å². The molecule has 0 radical (unpaired) electrons. The maximum Gasteiger partial charge on any atom is 0.127 e. The first-order valence-corrected chi connectivity index (χ1v) is 6.05. The lowest BCUT2D eigenvalue weighted by atomic mass is 10.1. The van der Waals surface area contributed by atoms with E-state index >= 15 is 0 Å². The number of aromatic nitrogens is 2. The lowest BCUT2D eigenvalue weighted by Crippen LogP contribution is -2.20. The Bertz CT molecular complexity index is 534. The quantitative estimate of drug-likeness (QED) is 0.900. The van der Waals surface area contributed by atoms with E-state index in [1.54, 1.807) is 6.07 Å². The van der Waals surface area contributed by atoms with Gasteiger partial charge in [0.1, 0.15) is 5.82 Å². The van der Waals surface area contributed by atoms with Crippen LogP contribution < -0.4 is 5.32 Å². The number of benzene rings is 1. The molecule has 1 aromatic carbocycles. The first-order valence-electron chi connectivity index (χ1n) is 6.05. The Morgan fingerprint density at radius 3 is 2.72 bits per heavy atom. The van der Waals surface area contributed by atoms with Crippen molar-refractivity contribution in [3.63, 3.8) is 0 Å². The average molecular weight is 247 g/mol. The van der Waals surface area contributed by atoms with Crippen molar-refractivity contribution in [1.29, 1.82) is 0 Å². The zero-order valence-electron chi connectivity index (χ0n) is 10.9. The van der Waals surface area contributed by atoms with Crippen molar-refractivity contribution < 1.29 is 4.39 Å². The van der Waals surface area contributed by atoms with E-state index in [2.05, 4.69) is 10.4 Å². The summed E-state index contributed by atoms with van der Waals surface area (Å²) >= 11 is 0. The summed E-state index contributed by atoms with van der Waals surface area (Å²) in [5, 5.41) is 7.59. The highest BCUT2D eigenvalue weighted by Gasteiger charge is 2.10. The molecule has 0 fully saturated rings. The highest BCUT2D eigenvalue weighted by molar-refractivity contribution is 5.20. The fourth-order valence-electron chi connectivity index (χ4n) is 2.02. The van der Waals surface area contributed by atoms with Gasteiger partial charge >= 0.3 is 0 Å². The summed E-state index contributed by atoms with van der Waals surface area (Å²) in [5.41, 5.74) is 2.78. The molecule has 96 valence electrons. The lowest BCUT2D eigenvalue weighted by Gasteiger charge is -2.14. The second kappa shape index (κ2) is 5.31. The highest BCUT2D eigenvalue weighted by Crippen LogP contribution is 2.16. The highest BCUT2D eigenvalue weighted by atomic mass is 19.1. The van der Waals surface area contributed by atoms with Crippen molar-refractivity contribution in [3.8, 4) is 0 Å². The molecule has 0 aliphatic rings. The van der Waals surface area contributed by atoms with Gasteiger partial charge in [0.25, 0.3) is 0 Å². The number of nitrogens with one attached hydrogen (secondary N) is 1. The third-order valence-electron chi connectivity index (χ3n) is 3.06. The third kappa shape index (κ3) is 2.76. The van der Waals surface area contributed by atoms with E-state index in [0.717, 1.165) is 11.4 Å². The Balaban J connectivity index is 2.03. The summed E-state index contributed by atoms with van der Waals surface area (Å²) in [5.74, 6) is -0.168. The van der Waals surface area contributed by atoms with Gasteiger partial charge in [-0.3, -0.25) is 4.68 Å². The largest absolute Gasteiger partial charge is 0.304 e. The second-order valence-corrected chi connectivity index (χ2v) is 4.52. The molecule has 0 aliphatic carbocycles. The van der Waals surface area contributed by atoms with Gasteiger partial charge in [0.15, 0.2) is 0 Å². The Morgan fingerprint density at radius 1 is 1.39 bits per heavy atom. The second-order valence-electron chi connectivity index (χ2n) is 4.52. The number of hydrogen-bond acceptors (Lipinski definition) is 2. The summed E-state index contributed by atoms with van der Waals surface area (Å²) in [7, 11) is 1.91. The van der Waals surface area contributed by atoms with Crippen molar-refractivity contribution in [1.82, 2.24) is 15.1 Å². The monoisotopic (exact) mass is 247 g/mol. The molecule has 4 heteroatoms. The van der Waals surface area contributed by atoms with Crippen molar-refractivity contribution >= 4 is 0 Å². The smallest absolute Gasteiger partial charge is 0.127 e. The maximum atomic E-state index is 13.6. The van der Waals surface area contributed by atoms with Gasteiger partial charge in [-0.25, -0.2) is 4.39 Å². The van der Waals surface area contributed by atoms with E-state index in [0.29, 0.717) is 12.1 Å². The molecule has 1 aromatic heterocycles. The molecule has 0 aliphatic heterocycles. The van der Waals surface area contributed by atoms with Gasteiger partial charge in [-0.05, 0) is 26.0 Å². The Hall–Kier alpha value is -1.68. The molecule has 2 aromatic rings. The molecule has 0 saturated heterocycles. The van der Waals surface area contributed by atoms with Gasteiger partial charge < -0.3 is 5.32 Å². The summed E-state index contributed by atoms with van der Waals surface area (Å²) in [6, 6.07) is 8.85. The topological polar surface area (TPSA) is 29.9 Å². The standard InChI is InChI=1S/C14H18FN3/c1-10-8-12(18(3)17-10)9-16-11(2)13-6-4-5-7-14(13)15/h4-8,11,16H,9H2,1-3H3/t11-/m1/s1. The molecule has 0 spiro atoms. The van der Waals surface area contributed by atoms with E-state index in [9.17, 15) is 4.39 Å². The molecular weight excluding hydrogens is 229 g/mol. The van der Waals surface area contributed by atoms with Crippen LogP contribution >= 0.6 is 0 Å². The minimum absolute atomic E-state index is 0.0265. The Kier molecular flexibility index (Phi) is 3.77. The predicted octanol–water partition coefficient (Wildman–Crippen LogP) is 2.72. The van der Waals surface area contributed by atoms with E-state index in [1.165, 1.54) is 6.07 Å². The SMILES string of the molecule is Cc1cc(CN[C@H](C)c2ccccc2F)n(C)n1. The predicted molar refractivity (Wildman–Crippen MR) is 69.6 cm³/mol. The van der Waals surface area contributed by atoms with E-state index in [-0.39, 0.29) is 11.9 Å². The molecule has 0 unspecified atom stereocenters. The fraction of sp³-hybridized carbons (Fsp3) is 0.357. The first-order chi connectivity index (χ1) is 8.58. The molecule has 0 bridgehead atoms. The van der Waals surface area contributed by atoms with Crippen molar-refractivity contribution in [2.75, 3.05) is 0 Å². The van der Waals surface area contributed by atoms with Gasteiger partial charge in [0.2, 0.25) is 0 Å². The van der Waals surface area contributed by atoms with Gasteiger partial charge in [0, 0.05) is 25.2 Å². The fourth-order valence-corrected chi connectivity index (χ4v) is 2.02. The van der Waals surface area contributed by atoms with Gasteiger partial charge in [-0.1, -0.05) is 18.2 Å². The number of aryl methyl sites for hydroxylation is 2. The van der Waals surface area contributed by atoms with Crippen LogP contribution in [0, 0.1) is 12.7 Å². The van der Waals surface area contributed by atoms with Crippen LogP contribution in [0.4, 0.5) is 4.39 Å². The van der Waals surface area contributed by atoms with E-state index < -0.39 is 0 Å². The number of hydrogen-bond donors (Lipinski definition) is 1. The molecule has 18 heavy (non-hydrogen) atoms. The van der Waals surface area contributed by atoms with Crippen LogP contribution in [0.25, 0.3) is 0 Å². The lowest BCUT2D eigenvalue weighted by molar-refractivity contribution is 0.515. The van der Waals surface area contributed by atoms with Crippen LogP contribution in [-0.2, 0) is 13.6 Å². The number of nitrogens with zero attached hydrogens (tertiary/aromatic N) is 2. The van der Waals surface area contributed by atoms with Gasteiger partial charge in [0.05, 0.1) is 11.4 Å². The van der Waals surface area contributed by atoms with Gasteiger partial charge in [-0.15, -0.1) is 0 Å². The molecule has 1 heterocycles. The summed E-state index contributed by atoms with van der Waals surface area (Å²) in [6.45, 7) is 4.60. The molecule has 0 saturated carbocycles. The van der Waals surface area contributed by atoms with Crippen LogP contribution in [0.15, 0.2) is 30.3 Å². The Morgan fingerprint density at radius 2 is 2.11 bits per heavy atom. The van der Waals surface area contributed by atoms with E-state index in [1.807, 2.05) is 43.8 Å². The van der Waals surface area contributed by atoms with Crippen LogP contribution in [0.2, 0.25) is 0 Å². The minimum atomic E-state index is -0.168. The first kappa shape index (κ1) is 12.8. The zero-order valence-corrected chi connectivity index (χ0v) is 10.9. The number of rotatable bonds is 4. The van der Waals surface area contributed by atoms with Crippen molar-refractivity contribution in [3.05, 3.63) is 53.1 Å². The van der Waals surface area contributed by atoms with Crippen LogP contribution in [-0.4, -0.2) is 9.78 Å². The van der Waals surface area contributed by atoms with Crippen molar-refractivity contribution in [2.45, 2.75) is 26.4 Å². The third-order valence-corrected chi connectivity index (χ3v) is 3.06. The van der Waals surface area contributed by atoms with Crippen LogP contribution in [0.1, 0.15) is 29.9 Å². The molecule has 3 nitrogen and oxygen atoms in total. The molecule has 0 amide bonds. The Labute approximate surface area is 107 Å². The average Bonchev–Trinajstić information content (AvgIpc) is 2.65. The normalized spacial score (nSPS) is 12.7. The molecule has 1 N–H and O–H groups in total. The minimum Gasteiger partial charge on any atom is -0.304 e.